The molecule has 2 aromatic rings. The van der Waals surface area contributed by atoms with Crippen LogP contribution >= 0.6 is 0 Å². The molecule has 0 radical (unpaired) electrons. The minimum atomic E-state index is -0.639. The number of ether oxygens (including phenoxy) is 2. The van der Waals surface area contributed by atoms with Crippen molar-refractivity contribution in [3.8, 4) is 17.2 Å². The van der Waals surface area contributed by atoms with Crippen molar-refractivity contribution in [3.05, 3.63) is 51.9 Å². The van der Waals surface area contributed by atoms with E-state index in [1.165, 1.54) is 24.3 Å². The van der Waals surface area contributed by atoms with Gasteiger partial charge in [-0.2, -0.15) is 0 Å². The van der Waals surface area contributed by atoms with Crippen LogP contribution in [0.25, 0.3) is 11.0 Å². The molecule has 0 atom stereocenters. The molecule has 0 amide bonds. The van der Waals surface area contributed by atoms with Crippen LogP contribution in [-0.4, -0.2) is 18.8 Å². The first-order valence-electron chi connectivity index (χ1n) is 8.18. The number of phenolic OH excluding ortho intramolecular Hbond substituents is 1. The Kier molecular flexibility index (Phi) is 6.28. The molecule has 1 heterocycles. The van der Waals surface area contributed by atoms with Gasteiger partial charge < -0.3 is 19.0 Å². The van der Waals surface area contributed by atoms with E-state index in [0.717, 1.165) is 12.8 Å². The van der Waals surface area contributed by atoms with Crippen molar-refractivity contribution in [2.75, 3.05) is 13.7 Å². The Hall–Kier alpha value is -2.69. The maximum atomic E-state index is 12.0. The Morgan fingerprint density at radius 2 is 1.96 bits per heavy atom. The minimum absolute atomic E-state index is 0.0289. The van der Waals surface area contributed by atoms with Crippen molar-refractivity contribution in [1.29, 1.82) is 0 Å². The van der Waals surface area contributed by atoms with Crippen LogP contribution in [0, 0.1) is 0 Å². The fourth-order valence-corrected chi connectivity index (χ4v) is 2.46. The molecule has 0 fully saturated rings. The molecule has 0 saturated carbocycles. The molecule has 5 heteroatoms. The molecule has 134 valence electrons. The van der Waals surface area contributed by atoms with Crippen LogP contribution in [0.5, 0.6) is 17.2 Å². The first kappa shape index (κ1) is 18.6. The van der Waals surface area contributed by atoms with Crippen LogP contribution < -0.4 is 15.1 Å². The second-order valence-electron chi connectivity index (χ2n) is 6.08. The fraction of sp³-hybridized carbons (Fsp3) is 0.350. The van der Waals surface area contributed by atoms with Gasteiger partial charge in [0.1, 0.15) is 23.3 Å². The lowest BCUT2D eigenvalue weighted by atomic mass is 10.1. The molecule has 25 heavy (non-hydrogen) atoms. The van der Waals surface area contributed by atoms with Crippen LogP contribution in [0.15, 0.2) is 50.7 Å². The lowest BCUT2D eigenvalue weighted by molar-refractivity contribution is 0.314. The van der Waals surface area contributed by atoms with E-state index in [4.69, 9.17) is 13.9 Å². The summed E-state index contributed by atoms with van der Waals surface area (Å²) < 4.78 is 16.0. The van der Waals surface area contributed by atoms with Crippen molar-refractivity contribution in [1.82, 2.24) is 0 Å². The summed E-state index contributed by atoms with van der Waals surface area (Å²) in [6.45, 7) is 6.46. The van der Waals surface area contributed by atoms with Gasteiger partial charge in [-0.15, -0.1) is 0 Å². The summed E-state index contributed by atoms with van der Waals surface area (Å²) in [6, 6.07) is 4.71. The normalized spacial score (nSPS) is 11.4. The number of methoxy groups -OCH3 is 1. The minimum Gasteiger partial charge on any atom is -0.507 e. The third-order valence-corrected chi connectivity index (χ3v) is 3.78. The average molecular weight is 344 g/mol. The highest BCUT2D eigenvalue weighted by Gasteiger charge is 2.19. The molecule has 0 aliphatic rings. The molecule has 1 aromatic carbocycles. The van der Waals surface area contributed by atoms with Gasteiger partial charge in [0.25, 0.3) is 0 Å². The second-order valence-corrected chi connectivity index (χ2v) is 6.08. The highest BCUT2D eigenvalue weighted by Crippen LogP contribution is 2.38. The van der Waals surface area contributed by atoms with Gasteiger partial charge in [-0.05, 0) is 51.8 Å². The van der Waals surface area contributed by atoms with Crippen LogP contribution in [0.3, 0.4) is 0 Å². The molecular formula is C20H24O5. The van der Waals surface area contributed by atoms with Crippen molar-refractivity contribution in [2.45, 2.75) is 33.6 Å². The number of hydrogen-bond donors (Lipinski definition) is 1. The molecule has 0 saturated heterocycles. The number of allylic oxidation sites excluding steroid dienone is 3. The Labute approximate surface area is 147 Å². The lowest BCUT2D eigenvalue weighted by Gasteiger charge is -2.12. The Balaban J connectivity index is 2.25. The summed E-state index contributed by atoms with van der Waals surface area (Å²) in [7, 11) is 1.37. The standard InChI is InChI=1S/C20H24O5/c1-13(2)7-5-8-14(3)11-12-24-18-17-15(21)9-6-10-16(17)25-20(22)19(18)23-4/h6-7,9-11,21H,5,8,12H2,1-4H3. The van der Waals surface area contributed by atoms with Gasteiger partial charge in [0, 0.05) is 0 Å². The zero-order valence-electron chi connectivity index (χ0n) is 15.1. The van der Waals surface area contributed by atoms with Crippen molar-refractivity contribution < 1.29 is 19.0 Å². The summed E-state index contributed by atoms with van der Waals surface area (Å²) in [5.74, 6) is 0.114. The van der Waals surface area contributed by atoms with Crippen LogP contribution in [-0.2, 0) is 0 Å². The van der Waals surface area contributed by atoms with E-state index in [0.29, 0.717) is 5.39 Å². The zero-order valence-corrected chi connectivity index (χ0v) is 15.1. The molecule has 0 bridgehead atoms. The summed E-state index contributed by atoms with van der Waals surface area (Å²) >= 11 is 0. The van der Waals surface area contributed by atoms with Gasteiger partial charge in [-0.25, -0.2) is 4.79 Å². The van der Waals surface area contributed by atoms with E-state index in [1.807, 2.05) is 13.0 Å². The van der Waals surface area contributed by atoms with Gasteiger partial charge in [0.15, 0.2) is 5.75 Å². The van der Waals surface area contributed by atoms with Crippen molar-refractivity contribution in [2.24, 2.45) is 0 Å². The summed E-state index contributed by atoms with van der Waals surface area (Å²) in [5.41, 5.74) is 2.10. The largest absolute Gasteiger partial charge is 0.507 e. The predicted octanol–water partition coefficient (Wildman–Crippen LogP) is 4.58. The summed E-state index contributed by atoms with van der Waals surface area (Å²) in [6.07, 6.45) is 6.06. The highest BCUT2D eigenvalue weighted by molar-refractivity contribution is 5.91. The molecule has 0 aliphatic heterocycles. The Morgan fingerprint density at radius 3 is 2.64 bits per heavy atom. The first-order valence-corrected chi connectivity index (χ1v) is 8.18. The average Bonchev–Trinajstić information content (AvgIpc) is 2.54. The molecule has 5 nitrogen and oxygen atoms in total. The topological polar surface area (TPSA) is 68.9 Å². The highest BCUT2D eigenvalue weighted by atomic mass is 16.5. The third-order valence-electron chi connectivity index (χ3n) is 3.78. The van der Waals surface area contributed by atoms with E-state index in [2.05, 4.69) is 19.9 Å². The van der Waals surface area contributed by atoms with Gasteiger partial charge in [0.2, 0.25) is 5.75 Å². The fourth-order valence-electron chi connectivity index (χ4n) is 2.46. The molecule has 0 unspecified atom stereocenters. The maximum absolute atomic E-state index is 12.0. The lowest BCUT2D eigenvalue weighted by Crippen LogP contribution is -2.08. The van der Waals surface area contributed by atoms with E-state index < -0.39 is 5.63 Å². The number of phenols is 1. The van der Waals surface area contributed by atoms with Gasteiger partial charge >= 0.3 is 5.63 Å². The zero-order chi connectivity index (χ0) is 18.4. The molecule has 0 spiro atoms. The first-order chi connectivity index (χ1) is 11.9. The van der Waals surface area contributed by atoms with E-state index in [9.17, 15) is 9.90 Å². The van der Waals surface area contributed by atoms with Crippen LogP contribution in [0.2, 0.25) is 0 Å². The second kappa shape index (κ2) is 8.42. The molecule has 0 aliphatic carbocycles. The van der Waals surface area contributed by atoms with Gasteiger partial charge in [0.05, 0.1) is 7.11 Å². The molecule has 2 rings (SSSR count). The van der Waals surface area contributed by atoms with Crippen molar-refractivity contribution >= 4 is 11.0 Å². The molecule has 1 N–H and O–H groups in total. The number of benzene rings is 1. The number of fused-ring (bicyclic) bond motifs is 1. The maximum Gasteiger partial charge on any atom is 0.383 e. The van der Waals surface area contributed by atoms with Gasteiger partial charge in [-0.3, -0.25) is 0 Å². The Bertz CT molecular complexity index is 854. The smallest absolute Gasteiger partial charge is 0.383 e. The Morgan fingerprint density at radius 1 is 1.20 bits per heavy atom. The van der Waals surface area contributed by atoms with E-state index >= 15 is 0 Å². The van der Waals surface area contributed by atoms with Gasteiger partial charge in [-0.1, -0.05) is 23.3 Å². The SMILES string of the molecule is COc1c(OCC=C(C)CCC=C(C)C)c2c(O)cccc2oc1=O. The quantitative estimate of drug-likeness (QED) is 0.588. The van der Waals surface area contributed by atoms with Crippen molar-refractivity contribution in [3.63, 3.8) is 0 Å². The predicted molar refractivity (Wildman–Crippen MR) is 98.6 cm³/mol. The van der Waals surface area contributed by atoms with E-state index in [1.54, 1.807) is 12.1 Å². The number of rotatable bonds is 7. The number of hydrogen-bond acceptors (Lipinski definition) is 5. The van der Waals surface area contributed by atoms with Crippen LogP contribution in [0.4, 0.5) is 0 Å². The summed E-state index contributed by atoms with van der Waals surface area (Å²) in [5, 5.41) is 10.4. The number of aromatic hydroxyl groups is 1. The van der Waals surface area contributed by atoms with E-state index in [-0.39, 0.29) is 29.4 Å². The monoisotopic (exact) mass is 344 g/mol. The third kappa shape index (κ3) is 4.66. The molecule has 1 aromatic heterocycles. The molecular weight excluding hydrogens is 320 g/mol. The summed E-state index contributed by atoms with van der Waals surface area (Å²) in [4.78, 5) is 12.0. The van der Waals surface area contributed by atoms with Crippen LogP contribution in [0.1, 0.15) is 33.6 Å².